The third kappa shape index (κ3) is 1.31. The molecule has 14 heavy (non-hydrogen) atoms. The normalized spacial score (nSPS) is 9.64. The summed E-state index contributed by atoms with van der Waals surface area (Å²) in [6.07, 6.45) is 1.45. The third-order valence-corrected chi connectivity index (χ3v) is 1.87. The summed E-state index contributed by atoms with van der Waals surface area (Å²) in [5.74, 6) is 0.537. The minimum atomic E-state index is 0.495. The molecule has 0 atom stereocenters. The first-order valence-corrected chi connectivity index (χ1v) is 4.02. The summed E-state index contributed by atoms with van der Waals surface area (Å²) in [6.45, 7) is 0. The van der Waals surface area contributed by atoms with Gasteiger partial charge in [0.2, 0.25) is 0 Å². The van der Waals surface area contributed by atoms with Crippen molar-refractivity contribution in [2.75, 3.05) is 5.73 Å². The molecule has 0 radical (unpaired) electrons. The van der Waals surface area contributed by atoms with Crippen molar-refractivity contribution in [3.8, 4) is 17.4 Å². The molecule has 0 aliphatic carbocycles. The predicted octanol–water partition coefficient (Wildman–Crippen LogP) is 1.80. The summed E-state index contributed by atoms with van der Waals surface area (Å²) in [5, 5.41) is 12.2. The van der Waals surface area contributed by atoms with Crippen LogP contribution in [-0.2, 0) is 0 Å². The smallest absolute Gasteiger partial charge is 0.189 e. The fourth-order valence-corrected chi connectivity index (χ4v) is 1.16. The molecule has 2 aromatic rings. The maximum Gasteiger partial charge on any atom is 0.189 e. The number of aromatic nitrogens is 1. The second-order valence-electron chi connectivity index (χ2n) is 2.80. The second kappa shape index (κ2) is 3.23. The molecule has 0 unspecified atom stereocenters. The number of anilines is 1. The van der Waals surface area contributed by atoms with E-state index in [1.807, 2.05) is 6.07 Å². The van der Waals surface area contributed by atoms with Gasteiger partial charge in [0.25, 0.3) is 0 Å². The van der Waals surface area contributed by atoms with Gasteiger partial charge in [-0.05, 0) is 24.3 Å². The Balaban J connectivity index is 2.45. The van der Waals surface area contributed by atoms with E-state index in [1.54, 1.807) is 24.3 Å². The van der Waals surface area contributed by atoms with Crippen molar-refractivity contribution >= 4 is 5.69 Å². The zero-order chi connectivity index (χ0) is 9.97. The van der Waals surface area contributed by atoms with E-state index in [-0.39, 0.29) is 0 Å². The molecule has 0 saturated heterocycles. The largest absolute Gasteiger partial charge is 0.394 e. The van der Waals surface area contributed by atoms with E-state index in [0.29, 0.717) is 17.0 Å². The summed E-state index contributed by atoms with van der Waals surface area (Å²) in [7, 11) is 0. The lowest BCUT2D eigenvalue weighted by atomic mass is 10.1. The van der Waals surface area contributed by atoms with Crippen molar-refractivity contribution in [3.63, 3.8) is 0 Å². The molecule has 4 heteroatoms. The molecule has 1 heterocycles. The minimum Gasteiger partial charge on any atom is -0.394 e. The SMILES string of the molecule is N#Cc1ccc(-c2oncc2N)cc1. The van der Waals surface area contributed by atoms with E-state index in [1.165, 1.54) is 6.20 Å². The summed E-state index contributed by atoms with van der Waals surface area (Å²) in [5.41, 5.74) is 7.54. The standard InChI is InChI=1S/C10H7N3O/c11-5-7-1-3-8(4-2-7)10-9(12)6-13-14-10/h1-4,6H,12H2. The maximum atomic E-state index is 8.60. The Morgan fingerprint density at radius 2 is 2.00 bits per heavy atom. The number of benzene rings is 1. The monoisotopic (exact) mass is 185 g/mol. The number of hydrogen-bond acceptors (Lipinski definition) is 4. The number of hydrogen-bond donors (Lipinski definition) is 1. The highest BCUT2D eigenvalue weighted by Gasteiger charge is 2.06. The first-order chi connectivity index (χ1) is 6.81. The van der Waals surface area contributed by atoms with Gasteiger partial charge in [-0.25, -0.2) is 0 Å². The Morgan fingerprint density at radius 1 is 1.29 bits per heavy atom. The topological polar surface area (TPSA) is 75.8 Å². The zero-order valence-electron chi connectivity index (χ0n) is 7.27. The van der Waals surface area contributed by atoms with Gasteiger partial charge in [0.05, 0.1) is 17.8 Å². The first kappa shape index (κ1) is 8.32. The van der Waals surface area contributed by atoms with Gasteiger partial charge in [0, 0.05) is 5.56 Å². The van der Waals surface area contributed by atoms with Crippen LogP contribution in [0.15, 0.2) is 35.0 Å². The van der Waals surface area contributed by atoms with E-state index in [4.69, 9.17) is 15.5 Å². The molecule has 0 aliphatic rings. The van der Waals surface area contributed by atoms with Gasteiger partial charge in [-0.1, -0.05) is 5.16 Å². The Kier molecular flexibility index (Phi) is 1.92. The first-order valence-electron chi connectivity index (χ1n) is 4.02. The van der Waals surface area contributed by atoms with E-state index >= 15 is 0 Å². The van der Waals surface area contributed by atoms with Crippen LogP contribution >= 0.6 is 0 Å². The van der Waals surface area contributed by atoms with Crippen molar-refractivity contribution in [3.05, 3.63) is 36.0 Å². The van der Waals surface area contributed by atoms with Crippen LogP contribution in [0, 0.1) is 11.3 Å². The van der Waals surface area contributed by atoms with Crippen molar-refractivity contribution in [2.45, 2.75) is 0 Å². The highest BCUT2D eigenvalue weighted by Crippen LogP contribution is 2.25. The number of rotatable bonds is 1. The average Bonchev–Trinajstić information content (AvgIpc) is 2.65. The number of nitrogen functional groups attached to an aromatic ring is 1. The van der Waals surface area contributed by atoms with Crippen molar-refractivity contribution in [1.82, 2.24) is 5.16 Å². The molecular formula is C10H7N3O. The molecule has 2 rings (SSSR count). The van der Waals surface area contributed by atoms with Crippen molar-refractivity contribution in [1.29, 1.82) is 5.26 Å². The highest BCUT2D eigenvalue weighted by molar-refractivity contribution is 5.70. The van der Waals surface area contributed by atoms with Gasteiger partial charge in [-0.3, -0.25) is 0 Å². The van der Waals surface area contributed by atoms with Crippen LogP contribution in [-0.4, -0.2) is 5.16 Å². The average molecular weight is 185 g/mol. The third-order valence-electron chi connectivity index (χ3n) is 1.87. The summed E-state index contributed by atoms with van der Waals surface area (Å²) in [6, 6.07) is 8.99. The van der Waals surface area contributed by atoms with Gasteiger partial charge in [0.1, 0.15) is 5.69 Å². The quantitative estimate of drug-likeness (QED) is 0.734. The minimum absolute atomic E-state index is 0.495. The van der Waals surface area contributed by atoms with Gasteiger partial charge < -0.3 is 10.3 Å². The molecule has 0 fully saturated rings. The van der Waals surface area contributed by atoms with Crippen LogP contribution < -0.4 is 5.73 Å². The molecule has 1 aromatic heterocycles. The lowest BCUT2D eigenvalue weighted by molar-refractivity contribution is 0.432. The van der Waals surface area contributed by atoms with Gasteiger partial charge in [-0.15, -0.1) is 0 Å². The molecule has 0 saturated carbocycles. The van der Waals surface area contributed by atoms with Gasteiger partial charge in [0.15, 0.2) is 5.76 Å². The van der Waals surface area contributed by atoms with Crippen LogP contribution in [0.4, 0.5) is 5.69 Å². The van der Waals surface area contributed by atoms with Crippen molar-refractivity contribution in [2.24, 2.45) is 0 Å². The molecule has 4 nitrogen and oxygen atoms in total. The summed E-state index contributed by atoms with van der Waals surface area (Å²) >= 11 is 0. The van der Waals surface area contributed by atoms with Crippen LogP contribution in [0.25, 0.3) is 11.3 Å². The number of nitrogens with zero attached hydrogens (tertiary/aromatic N) is 2. The Hall–Kier alpha value is -2.28. The van der Waals surface area contributed by atoms with Crippen molar-refractivity contribution < 1.29 is 4.52 Å². The Labute approximate surface area is 80.6 Å². The molecule has 0 spiro atoms. The molecule has 0 aliphatic heterocycles. The molecule has 68 valence electrons. The molecular weight excluding hydrogens is 178 g/mol. The van der Waals surface area contributed by atoms with E-state index in [2.05, 4.69) is 5.16 Å². The fourth-order valence-electron chi connectivity index (χ4n) is 1.16. The van der Waals surface area contributed by atoms with Gasteiger partial charge >= 0.3 is 0 Å². The van der Waals surface area contributed by atoms with Crippen LogP contribution in [0.1, 0.15) is 5.56 Å². The predicted molar refractivity (Wildman–Crippen MR) is 51.1 cm³/mol. The number of nitriles is 1. The summed E-state index contributed by atoms with van der Waals surface area (Å²) < 4.78 is 4.97. The maximum absolute atomic E-state index is 8.60. The zero-order valence-corrected chi connectivity index (χ0v) is 7.27. The molecule has 1 aromatic carbocycles. The fraction of sp³-hybridized carbons (Fsp3) is 0. The lowest BCUT2D eigenvalue weighted by Gasteiger charge is -1.96. The molecule has 0 bridgehead atoms. The van der Waals surface area contributed by atoms with E-state index in [0.717, 1.165) is 5.56 Å². The molecule has 0 amide bonds. The Bertz CT molecular complexity index is 479. The highest BCUT2D eigenvalue weighted by atomic mass is 16.5. The van der Waals surface area contributed by atoms with E-state index < -0.39 is 0 Å². The van der Waals surface area contributed by atoms with Crippen LogP contribution in [0.3, 0.4) is 0 Å². The summed E-state index contributed by atoms with van der Waals surface area (Å²) in [4.78, 5) is 0. The van der Waals surface area contributed by atoms with Gasteiger partial charge in [-0.2, -0.15) is 5.26 Å². The lowest BCUT2D eigenvalue weighted by Crippen LogP contribution is -1.84. The van der Waals surface area contributed by atoms with Crippen LogP contribution in [0.5, 0.6) is 0 Å². The number of nitrogens with two attached hydrogens (primary N) is 1. The molecule has 2 N–H and O–H groups in total. The van der Waals surface area contributed by atoms with E-state index in [9.17, 15) is 0 Å². The second-order valence-corrected chi connectivity index (χ2v) is 2.80. The Morgan fingerprint density at radius 3 is 2.50 bits per heavy atom. The van der Waals surface area contributed by atoms with Crippen LogP contribution in [0.2, 0.25) is 0 Å².